The molecule has 6 heteroatoms. The fourth-order valence-electron chi connectivity index (χ4n) is 2.32. The second-order valence-corrected chi connectivity index (χ2v) is 6.96. The summed E-state index contributed by atoms with van der Waals surface area (Å²) in [6.45, 7) is 10.8. The van der Waals surface area contributed by atoms with Crippen LogP contribution in [0.5, 0.6) is 0 Å². The number of alkyl halides is 1. The smallest absolute Gasteiger partial charge is 0.410 e. The number of halogens is 1. The molecular formula is C16H27FN2O3. The Morgan fingerprint density at radius 1 is 1.27 bits per heavy atom. The highest BCUT2D eigenvalue weighted by Gasteiger charge is 2.37. The Kier molecular flexibility index (Phi) is 5.97. The van der Waals surface area contributed by atoms with Crippen molar-refractivity contribution in [2.75, 3.05) is 26.2 Å². The molecule has 0 aromatic carbocycles. The van der Waals surface area contributed by atoms with Gasteiger partial charge in [-0.25, -0.2) is 9.18 Å². The van der Waals surface area contributed by atoms with Crippen molar-refractivity contribution in [2.24, 2.45) is 0 Å². The van der Waals surface area contributed by atoms with Gasteiger partial charge in [-0.3, -0.25) is 4.79 Å². The van der Waals surface area contributed by atoms with E-state index in [1.807, 2.05) is 0 Å². The molecule has 0 aliphatic carbocycles. The van der Waals surface area contributed by atoms with Gasteiger partial charge in [-0.15, -0.1) is 6.58 Å². The monoisotopic (exact) mass is 314 g/mol. The van der Waals surface area contributed by atoms with Gasteiger partial charge in [0, 0.05) is 19.5 Å². The van der Waals surface area contributed by atoms with Gasteiger partial charge in [-0.2, -0.15) is 0 Å². The van der Waals surface area contributed by atoms with Gasteiger partial charge >= 0.3 is 6.09 Å². The summed E-state index contributed by atoms with van der Waals surface area (Å²) in [4.78, 5) is 27.0. The Labute approximate surface area is 132 Å². The average molecular weight is 314 g/mol. The molecule has 1 rings (SSSR count). The van der Waals surface area contributed by atoms with E-state index in [0.29, 0.717) is 19.4 Å². The van der Waals surface area contributed by atoms with Crippen molar-refractivity contribution in [3.63, 3.8) is 0 Å². The molecule has 22 heavy (non-hydrogen) atoms. The van der Waals surface area contributed by atoms with Gasteiger partial charge in [0.05, 0.1) is 13.1 Å². The van der Waals surface area contributed by atoms with Gasteiger partial charge in [0.1, 0.15) is 11.3 Å². The maximum atomic E-state index is 14.6. The third-order valence-electron chi connectivity index (χ3n) is 3.25. The molecule has 1 fully saturated rings. The molecule has 1 aliphatic heterocycles. The van der Waals surface area contributed by atoms with Crippen LogP contribution >= 0.6 is 0 Å². The zero-order valence-electron chi connectivity index (χ0n) is 14.0. The van der Waals surface area contributed by atoms with Gasteiger partial charge in [0.15, 0.2) is 0 Å². The fraction of sp³-hybridized carbons (Fsp3) is 0.750. The van der Waals surface area contributed by atoms with Crippen LogP contribution in [0.3, 0.4) is 0 Å². The lowest BCUT2D eigenvalue weighted by Crippen LogP contribution is -2.45. The average Bonchev–Trinajstić information content (AvgIpc) is 2.52. The van der Waals surface area contributed by atoms with Gasteiger partial charge in [0.2, 0.25) is 5.91 Å². The molecule has 0 radical (unpaired) electrons. The molecule has 126 valence electrons. The number of nitrogens with zero attached hydrogens (tertiary/aromatic N) is 2. The number of allylic oxidation sites excluding steroid dienone is 1. The van der Waals surface area contributed by atoms with Crippen LogP contribution in [0, 0.1) is 0 Å². The van der Waals surface area contributed by atoms with E-state index < -0.39 is 17.4 Å². The van der Waals surface area contributed by atoms with Gasteiger partial charge in [-0.05, 0) is 34.1 Å². The molecule has 5 nitrogen and oxygen atoms in total. The van der Waals surface area contributed by atoms with Crippen LogP contribution in [0.2, 0.25) is 0 Å². The Hall–Kier alpha value is -1.59. The van der Waals surface area contributed by atoms with Crippen molar-refractivity contribution >= 4 is 12.0 Å². The van der Waals surface area contributed by atoms with Crippen LogP contribution < -0.4 is 0 Å². The molecule has 0 saturated carbocycles. The number of hydrogen-bond donors (Lipinski definition) is 0. The largest absolute Gasteiger partial charge is 0.444 e. The van der Waals surface area contributed by atoms with Crippen LogP contribution in [0.4, 0.5) is 9.18 Å². The van der Waals surface area contributed by atoms with Gasteiger partial charge < -0.3 is 14.5 Å². The molecule has 0 N–H and O–H groups in total. The maximum Gasteiger partial charge on any atom is 0.410 e. The van der Waals surface area contributed by atoms with Gasteiger partial charge in [0.25, 0.3) is 0 Å². The lowest BCUT2D eigenvalue weighted by atomic mass is 10.1. The quantitative estimate of drug-likeness (QED) is 0.753. The summed E-state index contributed by atoms with van der Waals surface area (Å²) in [6.07, 6.45) is 1.99. The first kappa shape index (κ1) is 18.5. The molecule has 1 atom stereocenters. The minimum absolute atomic E-state index is 0.0116. The molecule has 1 saturated heterocycles. The fourth-order valence-corrected chi connectivity index (χ4v) is 2.32. The van der Waals surface area contributed by atoms with Crippen LogP contribution in [0.15, 0.2) is 12.7 Å². The zero-order chi connectivity index (χ0) is 17.0. The Balaban J connectivity index is 2.74. The van der Waals surface area contributed by atoms with Crippen molar-refractivity contribution in [3.05, 3.63) is 12.7 Å². The SMILES string of the molecule is C=CCCC(=O)N1CCN(C(=O)OC(C)(C)C)C[C@@](C)(F)C1. The minimum atomic E-state index is -1.66. The standard InChI is InChI=1S/C16H27FN2O3/c1-6-7-8-13(20)18-9-10-19(12-16(5,17)11-18)14(21)22-15(2,3)4/h6H,1,7-12H2,2-5H3/t16-/m0/s1. The predicted octanol–water partition coefficient (Wildman–Crippen LogP) is 2.76. The number of carbonyl (C=O) groups is 2. The first-order valence-electron chi connectivity index (χ1n) is 7.59. The molecule has 1 heterocycles. The van der Waals surface area contributed by atoms with Crippen molar-refractivity contribution in [3.8, 4) is 0 Å². The van der Waals surface area contributed by atoms with Gasteiger partial charge in [-0.1, -0.05) is 6.08 Å². The Morgan fingerprint density at radius 3 is 2.36 bits per heavy atom. The van der Waals surface area contributed by atoms with E-state index in [9.17, 15) is 14.0 Å². The second-order valence-electron chi connectivity index (χ2n) is 6.96. The first-order chi connectivity index (χ1) is 10.0. The number of amides is 2. The summed E-state index contributed by atoms with van der Waals surface area (Å²) in [5, 5.41) is 0. The molecule has 1 aliphatic rings. The Morgan fingerprint density at radius 2 is 1.82 bits per heavy atom. The van der Waals surface area contributed by atoms with Crippen molar-refractivity contribution in [1.29, 1.82) is 0 Å². The van der Waals surface area contributed by atoms with Crippen LogP contribution in [-0.2, 0) is 9.53 Å². The maximum absolute atomic E-state index is 14.6. The van der Waals surface area contributed by atoms with E-state index in [4.69, 9.17) is 4.74 Å². The summed E-state index contributed by atoms with van der Waals surface area (Å²) in [5.41, 5.74) is -2.28. The van der Waals surface area contributed by atoms with E-state index >= 15 is 0 Å². The predicted molar refractivity (Wildman–Crippen MR) is 83.3 cm³/mol. The normalized spacial score (nSPS) is 23.0. The molecule has 0 unspecified atom stereocenters. The lowest BCUT2D eigenvalue weighted by molar-refractivity contribution is -0.132. The highest BCUT2D eigenvalue weighted by molar-refractivity contribution is 5.76. The highest BCUT2D eigenvalue weighted by Crippen LogP contribution is 2.21. The summed E-state index contributed by atoms with van der Waals surface area (Å²) < 4.78 is 19.9. The highest BCUT2D eigenvalue weighted by atomic mass is 19.1. The topological polar surface area (TPSA) is 49.9 Å². The molecule has 0 spiro atoms. The van der Waals surface area contributed by atoms with Crippen LogP contribution in [-0.4, -0.2) is 59.2 Å². The zero-order valence-corrected chi connectivity index (χ0v) is 14.0. The summed E-state index contributed by atoms with van der Waals surface area (Å²) >= 11 is 0. The number of carbonyl (C=O) groups excluding carboxylic acids is 2. The third kappa shape index (κ3) is 6.03. The third-order valence-corrected chi connectivity index (χ3v) is 3.25. The second kappa shape index (κ2) is 7.11. The summed E-state index contributed by atoms with van der Waals surface area (Å²) in [5.74, 6) is -0.116. The number of ether oxygens (including phenoxy) is 1. The van der Waals surface area contributed by atoms with Crippen LogP contribution in [0.1, 0.15) is 40.5 Å². The molecular weight excluding hydrogens is 287 g/mol. The minimum Gasteiger partial charge on any atom is -0.444 e. The summed E-state index contributed by atoms with van der Waals surface area (Å²) in [7, 11) is 0. The number of hydrogen-bond acceptors (Lipinski definition) is 3. The first-order valence-corrected chi connectivity index (χ1v) is 7.59. The molecule has 0 aromatic rings. The van der Waals surface area contributed by atoms with Crippen LogP contribution in [0.25, 0.3) is 0 Å². The molecule has 2 amide bonds. The number of rotatable bonds is 3. The van der Waals surface area contributed by atoms with E-state index in [1.165, 1.54) is 16.7 Å². The molecule has 0 bridgehead atoms. The lowest BCUT2D eigenvalue weighted by Gasteiger charge is -2.29. The summed E-state index contributed by atoms with van der Waals surface area (Å²) in [6, 6.07) is 0. The van der Waals surface area contributed by atoms with Crippen molar-refractivity contribution in [1.82, 2.24) is 9.80 Å². The van der Waals surface area contributed by atoms with E-state index in [0.717, 1.165) is 0 Å². The van der Waals surface area contributed by atoms with E-state index in [-0.39, 0.29) is 25.5 Å². The van der Waals surface area contributed by atoms with E-state index in [2.05, 4.69) is 6.58 Å². The molecule has 0 aromatic heterocycles. The van der Waals surface area contributed by atoms with Crippen molar-refractivity contribution in [2.45, 2.75) is 51.8 Å². The van der Waals surface area contributed by atoms with Crippen molar-refractivity contribution < 1.29 is 18.7 Å². The van der Waals surface area contributed by atoms with E-state index in [1.54, 1.807) is 26.8 Å². The Bertz CT molecular complexity index is 430.